The number of phenols is 1. The maximum atomic E-state index is 11.2. The first-order chi connectivity index (χ1) is 11.4. The lowest BCUT2D eigenvalue weighted by atomic mass is 9.99. The summed E-state index contributed by atoms with van der Waals surface area (Å²) in [6.07, 6.45) is -7.27. The Labute approximate surface area is 134 Å². The molecule has 5 atom stereocenters. The minimum absolute atomic E-state index is 0.0966. The summed E-state index contributed by atoms with van der Waals surface area (Å²) in [4.78, 5) is 11.2. The van der Waals surface area contributed by atoms with Crippen LogP contribution in [0.3, 0.4) is 0 Å². The monoisotopic (exact) mass is 340 g/mol. The Morgan fingerprint density at radius 2 is 1.83 bits per heavy atom. The number of benzene rings is 1. The van der Waals surface area contributed by atoms with Gasteiger partial charge in [0.2, 0.25) is 6.29 Å². The molecule has 0 radical (unpaired) electrons. The van der Waals surface area contributed by atoms with Gasteiger partial charge >= 0.3 is 5.63 Å². The number of aliphatic hydroxyl groups excluding tert-OH is 4. The van der Waals surface area contributed by atoms with Gasteiger partial charge in [-0.15, -0.1) is 0 Å². The first kappa shape index (κ1) is 16.7. The van der Waals surface area contributed by atoms with Crippen LogP contribution in [-0.4, -0.2) is 62.8 Å². The molecule has 2 aromatic rings. The molecule has 2 heterocycles. The topological polar surface area (TPSA) is 150 Å². The number of rotatable bonds is 3. The highest BCUT2D eigenvalue weighted by atomic mass is 16.7. The van der Waals surface area contributed by atoms with Gasteiger partial charge < -0.3 is 39.4 Å². The Kier molecular flexibility index (Phi) is 4.43. The number of phenolic OH excluding ortho intramolecular Hbond substituents is 1. The molecule has 1 aliphatic heterocycles. The van der Waals surface area contributed by atoms with Crippen LogP contribution < -0.4 is 10.4 Å². The summed E-state index contributed by atoms with van der Waals surface area (Å²) >= 11 is 0. The van der Waals surface area contributed by atoms with E-state index >= 15 is 0 Å². The van der Waals surface area contributed by atoms with E-state index in [1.54, 1.807) is 0 Å². The molecule has 1 saturated heterocycles. The minimum Gasteiger partial charge on any atom is -0.504 e. The van der Waals surface area contributed by atoms with E-state index in [0.29, 0.717) is 5.39 Å². The van der Waals surface area contributed by atoms with Gasteiger partial charge in [-0.25, -0.2) is 4.79 Å². The third-order valence-electron chi connectivity index (χ3n) is 3.79. The zero-order chi connectivity index (χ0) is 17.4. The van der Waals surface area contributed by atoms with Gasteiger partial charge in [-0.2, -0.15) is 0 Å². The highest BCUT2D eigenvalue weighted by Crippen LogP contribution is 2.33. The third kappa shape index (κ3) is 2.95. The first-order valence-electron chi connectivity index (χ1n) is 7.15. The van der Waals surface area contributed by atoms with Gasteiger partial charge in [0.05, 0.1) is 6.61 Å². The molecule has 0 amide bonds. The zero-order valence-corrected chi connectivity index (χ0v) is 12.3. The number of aliphatic hydroxyl groups is 4. The van der Waals surface area contributed by atoms with Crippen LogP contribution in [0.4, 0.5) is 0 Å². The maximum absolute atomic E-state index is 11.2. The molecule has 1 aliphatic rings. The van der Waals surface area contributed by atoms with Crippen molar-refractivity contribution in [3.8, 4) is 11.5 Å². The van der Waals surface area contributed by atoms with Crippen molar-refractivity contribution in [1.29, 1.82) is 0 Å². The third-order valence-corrected chi connectivity index (χ3v) is 3.79. The summed E-state index contributed by atoms with van der Waals surface area (Å²) < 4.78 is 15.5. The molecule has 24 heavy (non-hydrogen) atoms. The van der Waals surface area contributed by atoms with E-state index in [2.05, 4.69) is 0 Å². The highest BCUT2D eigenvalue weighted by Gasteiger charge is 2.44. The molecule has 0 unspecified atom stereocenters. The van der Waals surface area contributed by atoms with E-state index in [4.69, 9.17) is 19.0 Å². The lowest BCUT2D eigenvalue weighted by molar-refractivity contribution is -0.277. The second-order valence-corrected chi connectivity index (χ2v) is 5.43. The van der Waals surface area contributed by atoms with Crippen molar-refractivity contribution < 1.29 is 39.4 Å². The molecular weight excluding hydrogens is 324 g/mol. The normalized spacial score (nSPS) is 30.4. The number of fused-ring (bicyclic) bond motifs is 1. The standard InChI is InChI=1S/C15H16O9/c16-5-10-12(19)13(20)14(21)15(24-10)23-9-3-6-1-2-11(18)22-8(6)4-7(9)17/h1-4,10,12-17,19-21H,5H2/t10-,12+,13-,14+,15+/m0/s1. The molecule has 1 fully saturated rings. The Balaban J connectivity index is 1.89. The summed E-state index contributed by atoms with van der Waals surface area (Å²) in [7, 11) is 0. The molecule has 0 aliphatic carbocycles. The van der Waals surface area contributed by atoms with Gasteiger partial charge in [0.25, 0.3) is 0 Å². The van der Waals surface area contributed by atoms with Crippen molar-refractivity contribution in [2.45, 2.75) is 30.7 Å². The van der Waals surface area contributed by atoms with Crippen molar-refractivity contribution in [3.63, 3.8) is 0 Å². The largest absolute Gasteiger partial charge is 0.504 e. The summed E-state index contributed by atoms with van der Waals surface area (Å²) in [5.41, 5.74) is -0.439. The predicted molar refractivity (Wildman–Crippen MR) is 78.5 cm³/mol. The smallest absolute Gasteiger partial charge is 0.336 e. The van der Waals surface area contributed by atoms with E-state index in [9.17, 15) is 25.2 Å². The van der Waals surface area contributed by atoms with E-state index < -0.39 is 42.9 Å². The average molecular weight is 340 g/mol. The Morgan fingerprint density at radius 1 is 1.08 bits per heavy atom. The number of ether oxygens (including phenoxy) is 2. The lowest BCUT2D eigenvalue weighted by Gasteiger charge is -2.39. The van der Waals surface area contributed by atoms with Crippen LogP contribution >= 0.6 is 0 Å². The van der Waals surface area contributed by atoms with E-state index in [0.717, 1.165) is 6.07 Å². The van der Waals surface area contributed by atoms with Crippen molar-refractivity contribution in [2.75, 3.05) is 6.61 Å². The van der Waals surface area contributed by atoms with Crippen LogP contribution in [0.1, 0.15) is 0 Å². The van der Waals surface area contributed by atoms with Crippen molar-refractivity contribution >= 4 is 11.0 Å². The summed E-state index contributed by atoms with van der Waals surface area (Å²) in [5.74, 6) is -0.477. The SMILES string of the molecule is O=c1ccc2cc(O[C@@H]3O[C@@H](CO)[C@@H](O)[C@H](O)[C@H]3O)c(O)cc2o1. The van der Waals surface area contributed by atoms with Crippen molar-refractivity contribution in [1.82, 2.24) is 0 Å². The summed E-state index contributed by atoms with van der Waals surface area (Å²) in [6.45, 7) is -0.598. The van der Waals surface area contributed by atoms with Gasteiger partial charge in [-0.05, 0) is 12.1 Å². The zero-order valence-electron chi connectivity index (χ0n) is 12.3. The molecule has 0 saturated carbocycles. The van der Waals surface area contributed by atoms with Crippen LogP contribution in [-0.2, 0) is 4.74 Å². The van der Waals surface area contributed by atoms with Crippen molar-refractivity contribution in [3.05, 3.63) is 34.7 Å². The fourth-order valence-electron chi connectivity index (χ4n) is 2.47. The molecule has 130 valence electrons. The first-order valence-corrected chi connectivity index (χ1v) is 7.15. The molecular formula is C15H16O9. The van der Waals surface area contributed by atoms with E-state index in [1.165, 1.54) is 18.2 Å². The fraction of sp³-hybridized carbons (Fsp3) is 0.400. The Morgan fingerprint density at radius 3 is 2.54 bits per heavy atom. The minimum atomic E-state index is -1.60. The van der Waals surface area contributed by atoms with Gasteiger partial charge in [0.1, 0.15) is 30.0 Å². The maximum Gasteiger partial charge on any atom is 0.336 e. The molecule has 3 rings (SSSR count). The van der Waals surface area contributed by atoms with Gasteiger partial charge in [0.15, 0.2) is 11.5 Å². The van der Waals surface area contributed by atoms with Crippen LogP contribution in [0.25, 0.3) is 11.0 Å². The molecule has 0 bridgehead atoms. The van der Waals surface area contributed by atoms with Gasteiger partial charge in [-0.1, -0.05) is 0 Å². The average Bonchev–Trinajstić information content (AvgIpc) is 2.56. The Hall–Kier alpha value is -2.17. The van der Waals surface area contributed by atoms with E-state index in [-0.39, 0.29) is 17.1 Å². The summed E-state index contributed by atoms with van der Waals surface area (Å²) in [5, 5.41) is 49.0. The number of aromatic hydroxyl groups is 1. The van der Waals surface area contributed by atoms with Crippen LogP contribution in [0.15, 0.2) is 33.5 Å². The second kappa shape index (κ2) is 6.38. The molecule has 1 aromatic heterocycles. The van der Waals surface area contributed by atoms with Crippen LogP contribution in [0.2, 0.25) is 0 Å². The molecule has 1 aromatic carbocycles. The second-order valence-electron chi connectivity index (χ2n) is 5.43. The lowest BCUT2D eigenvalue weighted by Crippen LogP contribution is -2.60. The molecule has 9 heteroatoms. The number of hydrogen-bond donors (Lipinski definition) is 5. The quantitative estimate of drug-likeness (QED) is 0.429. The highest BCUT2D eigenvalue weighted by molar-refractivity contribution is 5.80. The molecule has 0 spiro atoms. The fourth-order valence-corrected chi connectivity index (χ4v) is 2.47. The van der Waals surface area contributed by atoms with E-state index in [1.807, 2.05) is 0 Å². The molecule has 9 nitrogen and oxygen atoms in total. The van der Waals surface area contributed by atoms with Gasteiger partial charge in [0, 0.05) is 17.5 Å². The van der Waals surface area contributed by atoms with Crippen LogP contribution in [0.5, 0.6) is 11.5 Å². The van der Waals surface area contributed by atoms with Gasteiger partial charge in [-0.3, -0.25) is 0 Å². The van der Waals surface area contributed by atoms with Crippen molar-refractivity contribution in [2.24, 2.45) is 0 Å². The van der Waals surface area contributed by atoms with Crippen LogP contribution in [0, 0.1) is 0 Å². The Bertz CT molecular complexity index is 784. The molecule has 5 N–H and O–H groups in total. The number of hydrogen-bond acceptors (Lipinski definition) is 9. The summed E-state index contributed by atoms with van der Waals surface area (Å²) in [6, 6.07) is 5.17. The predicted octanol–water partition coefficient (Wildman–Crippen LogP) is -1.32.